The van der Waals surface area contributed by atoms with Crippen molar-refractivity contribution in [2.24, 2.45) is 17.8 Å². The molecule has 0 atom stereocenters. The van der Waals surface area contributed by atoms with Crippen LogP contribution in [0.2, 0.25) is 0 Å². The Labute approximate surface area is 430 Å². The van der Waals surface area contributed by atoms with Gasteiger partial charge in [0.05, 0.1) is 5.41 Å². The van der Waals surface area contributed by atoms with Crippen molar-refractivity contribution >= 4 is 27.8 Å². The van der Waals surface area contributed by atoms with Gasteiger partial charge in [-0.1, -0.05) is 208 Å². The smallest absolute Gasteiger partial charge is 0.0714 e. The molecule has 10 aromatic rings. The molecular weight excluding hydrogens is 879 g/mol. The van der Waals surface area contributed by atoms with Crippen LogP contribution in [0.1, 0.15) is 91.3 Å². The van der Waals surface area contributed by atoms with E-state index in [1.54, 1.807) is 5.56 Å². The van der Waals surface area contributed by atoms with Crippen LogP contribution in [0.3, 0.4) is 0 Å². The molecule has 0 radical (unpaired) electrons. The molecule has 16 rings (SSSR count). The maximum atomic E-state index is 2.72. The minimum atomic E-state index is -0.534. The molecule has 0 N–H and O–H groups in total. The molecule has 6 aliphatic carbocycles. The summed E-state index contributed by atoms with van der Waals surface area (Å²) < 4.78 is 0. The second-order valence-corrected chi connectivity index (χ2v) is 23.0. The van der Waals surface area contributed by atoms with Gasteiger partial charge >= 0.3 is 0 Å². The van der Waals surface area contributed by atoms with Crippen molar-refractivity contribution in [2.45, 2.75) is 68.6 Å². The number of nitrogens with zero attached hydrogens (tertiary/aromatic N) is 1. The van der Waals surface area contributed by atoms with Crippen LogP contribution in [0.25, 0.3) is 55.3 Å². The fourth-order valence-corrected chi connectivity index (χ4v) is 15.9. The standard InChI is InChI=1S/C72H59N/c1-70(2)65-30-13-12-27-61(65)62-35-32-57(42-66(62)70)73(56-26-14-21-52(40-56)60-29-16-20-51-19-15-28-59(69(51)60)50-17-6-3-7-18-50)58-33-36-64-63-34-31-55(71-44-47-37-48(45-71)39-49(38-47)46-71)41-67(63)72(68(64)43-58,53-22-8-4-9-23-53)54-24-10-5-11-25-54/h3-36,40-43,47-49H,37-39,44-46H2,1-2H3. The maximum absolute atomic E-state index is 2.72. The highest BCUT2D eigenvalue weighted by atomic mass is 15.1. The predicted molar refractivity (Wildman–Crippen MR) is 304 cm³/mol. The largest absolute Gasteiger partial charge is 0.310 e. The van der Waals surface area contributed by atoms with Crippen LogP contribution in [0.4, 0.5) is 17.1 Å². The average molecular weight is 938 g/mol. The van der Waals surface area contributed by atoms with Crippen LogP contribution < -0.4 is 4.90 Å². The highest BCUT2D eigenvalue weighted by molar-refractivity contribution is 6.07. The molecule has 1 nitrogen and oxygen atoms in total. The first-order valence-corrected chi connectivity index (χ1v) is 27.0. The van der Waals surface area contributed by atoms with Gasteiger partial charge in [0.25, 0.3) is 0 Å². The first kappa shape index (κ1) is 42.9. The molecule has 4 saturated carbocycles. The molecule has 0 aromatic heterocycles. The molecule has 6 aliphatic rings. The number of hydrogen-bond acceptors (Lipinski definition) is 1. The van der Waals surface area contributed by atoms with Crippen LogP contribution in [0, 0.1) is 17.8 Å². The molecule has 0 saturated heterocycles. The Balaban J connectivity index is 0.961. The van der Waals surface area contributed by atoms with Crippen molar-refractivity contribution in [1.82, 2.24) is 0 Å². The summed E-state index contributed by atoms with van der Waals surface area (Å²) in [6.45, 7) is 4.80. The molecule has 73 heavy (non-hydrogen) atoms. The van der Waals surface area contributed by atoms with Gasteiger partial charge in [0.15, 0.2) is 0 Å². The van der Waals surface area contributed by atoms with Crippen LogP contribution in [-0.4, -0.2) is 0 Å². The lowest BCUT2D eigenvalue weighted by Crippen LogP contribution is -2.48. The number of benzene rings is 10. The topological polar surface area (TPSA) is 3.24 Å². The van der Waals surface area contributed by atoms with E-state index in [2.05, 4.69) is 249 Å². The Kier molecular flexibility index (Phi) is 9.48. The van der Waals surface area contributed by atoms with Crippen LogP contribution in [-0.2, 0) is 16.2 Å². The number of fused-ring (bicyclic) bond motifs is 7. The summed E-state index contributed by atoms with van der Waals surface area (Å²) in [6, 6.07) is 88.2. The number of anilines is 3. The second-order valence-electron chi connectivity index (χ2n) is 23.0. The predicted octanol–water partition coefficient (Wildman–Crippen LogP) is 18.8. The van der Waals surface area contributed by atoms with E-state index in [4.69, 9.17) is 0 Å². The Morgan fingerprint density at radius 3 is 1.45 bits per heavy atom. The Bertz CT molecular complexity index is 3720. The van der Waals surface area contributed by atoms with Crippen LogP contribution >= 0.6 is 0 Å². The summed E-state index contributed by atoms with van der Waals surface area (Å²) in [5.41, 5.74) is 23.0. The fourth-order valence-electron chi connectivity index (χ4n) is 15.9. The van der Waals surface area contributed by atoms with Crippen molar-refractivity contribution in [3.8, 4) is 44.5 Å². The van der Waals surface area contributed by atoms with Gasteiger partial charge in [0, 0.05) is 22.5 Å². The van der Waals surface area contributed by atoms with Crippen molar-refractivity contribution in [1.29, 1.82) is 0 Å². The van der Waals surface area contributed by atoms with Crippen molar-refractivity contribution in [3.63, 3.8) is 0 Å². The highest BCUT2D eigenvalue weighted by Gasteiger charge is 2.53. The third kappa shape index (κ3) is 6.40. The minimum absolute atomic E-state index is 0.157. The highest BCUT2D eigenvalue weighted by Crippen LogP contribution is 2.63. The molecule has 0 spiro atoms. The van der Waals surface area contributed by atoms with E-state index < -0.39 is 5.41 Å². The summed E-state index contributed by atoms with van der Waals surface area (Å²) in [6.07, 6.45) is 8.38. The van der Waals surface area contributed by atoms with Gasteiger partial charge in [-0.2, -0.15) is 0 Å². The van der Waals surface area contributed by atoms with E-state index in [0.29, 0.717) is 0 Å². The zero-order valence-corrected chi connectivity index (χ0v) is 41.9. The third-order valence-electron chi connectivity index (χ3n) is 18.7. The molecule has 352 valence electrons. The maximum Gasteiger partial charge on any atom is 0.0714 e. The van der Waals surface area contributed by atoms with Gasteiger partial charge in [-0.3, -0.25) is 0 Å². The Morgan fingerprint density at radius 2 is 0.808 bits per heavy atom. The quantitative estimate of drug-likeness (QED) is 0.147. The normalized spacial score (nSPS) is 21.1. The van der Waals surface area contributed by atoms with Gasteiger partial charge in [0.2, 0.25) is 0 Å². The zero-order chi connectivity index (χ0) is 48.5. The Hall–Kier alpha value is -7.74. The molecule has 0 aliphatic heterocycles. The second kappa shape index (κ2) is 16.1. The molecule has 10 aromatic carbocycles. The van der Waals surface area contributed by atoms with E-state index in [-0.39, 0.29) is 10.8 Å². The average Bonchev–Trinajstić information content (AvgIpc) is 3.86. The molecule has 4 bridgehead atoms. The molecule has 1 heteroatoms. The van der Waals surface area contributed by atoms with E-state index >= 15 is 0 Å². The van der Waals surface area contributed by atoms with Gasteiger partial charge < -0.3 is 4.90 Å². The van der Waals surface area contributed by atoms with E-state index in [0.717, 1.165) is 34.8 Å². The number of rotatable bonds is 8. The van der Waals surface area contributed by atoms with Crippen molar-refractivity contribution in [2.75, 3.05) is 4.90 Å². The van der Waals surface area contributed by atoms with Crippen LogP contribution in [0.5, 0.6) is 0 Å². The summed E-state index contributed by atoms with van der Waals surface area (Å²) >= 11 is 0. The van der Waals surface area contributed by atoms with Gasteiger partial charge in [-0.05, 0) is 192 Å². The molecular formula is C72H59N. The van der Waals surface area contributed by atoms with Crippen molar-refractivity contribution < 1.29 is 0 Å². The first-order chi connectivity index (χ1) is 35.9. The van der Waals surface area contributed by atoms with Crippen molar-refractivity contribution in [3.05, 3.63) is 269 Å². The monoisotopic (exact) mass is 937 g/mol. The molecule has 0 heterocycles. The minimum Gasteiger partial charge on any atom is -0.310 e. The summed E-state index contributed by atoms with van der Waals surface area (Å²) in [7, 11) is 0. The van der Waals surface area contributed by atoms with Gasteiger partial charge in [-0.25, -0.2) is 0 Å². The lowest BCUT2D eigenvalue weighted by atomic mass is 9.48. The SMILES string of the molecule is CC1(C)c2ccccc2-c2ccc(N(c3cccc(-c4cccc5cccc(-c6ccccc6)c45)c3)c3ccc4c(c3)C(c3ccccc3)(c3ccccc3)c3cc(C56CC7CC(CC(C7)C5)C6)ccc3-4)cc21. The molecule has 0 amide bonds. The number of hydrogen-bond donors (Lipinski definition) is 0. The lowest BCUT2D eigenvalue weighted by Gasteiger charge is -2.57. The van der Waals surface area contributed by atoms with Gasteiger partial charge in [-0.15, -0.1) is 0 Å². The van der Waals surface area contributed by atoms with E-state index in [1.165, 1.54) is 127 Å². The van der Waals surface area contributed by atoms with E-state index in [1.807, 2.05) is 0 Å². The summed E-state index contributed by atoms with van der Waals surface area (Å²) in [5, 5.41) is 2.51. The first-order valence-electron chi connectivity index (χ1n) is 27.0. The lowest BCUT2D eigenvalue weighted by molar-refractivity contribution is -0.00522. The zero-order valence-electron chi connectivity index (χ0n) is 41.9. The Morgan fingerprint density at radius 1 is 0.342 bits per heavy atom. The summed E-state index contributed by atoms with van der Waals surface area (Å²) in [4.78, 5) is 2.55. The third-order valence-corrected chi connectivity index (χ3v) is 18.7. The molecule has 4 fully saturated rings. The fraction of sp³-hybridized carbons (Fsp3) is 0.194. The van der Waals surface area contributed by atoms with Crippen LogP contribution in [0.15, 0.2) is 231 Å². The summed E-state index contributed by atoms with van der Waals surface area (Å²) in [5.74, 6) is 2.63. The van der Waals surface area contributed by atoms with E-state index in [9.17, 15) is 0 Å². The van der Waals surface area contributed by atoms with Gasteiger partial charge in [0.1, 0.15) is 0 Å². The molecule has 0 unspecified atom stereocenters.